The summed E-state index contributed by atoms with van der Waals surface area (Å²) in [5.41, 5.74) is 3.12. The average molecular weight is 362 g/mol. The molecule has 0 unspecified atom stereocenters. The Morgan fingerprint density at radius 3 is 3.00 bits per heavy atom. The summed E-state index contributed by atoms with van der Waals surface area (Å²) in [6, 6.07) is 13.0. The minimum Gasteiger partial charge on any atom is -0.482 e. The number of fused-ring (bicyclic) bond motifs is 2. The minimum atomic E-state index is -0.158. The summed E-state index contributed by atoms with van der Waals surface area (Å²) in [5.74, 6) is 1.28. The number of benzene rings is 2. The zero-order valence-corrected chi connectivity index (χ0v) is 14.4. The Hall–Kier alpha value is -3.75. The van der Waals surface area contributed by atoms with Gasteiger partial charge < -0.3 is 9.26 Å². The molecule has 0 aliphatic carbocycles. The van der Waals surface area contributed by atoms with Gasteiger partial charge in [-0.25, -0.2) is 4.68 Å². The lowest BCUT2D eigenvalue weighted by atomic mass is 10.2. The van der Waals surface area contributed by atoms with Crippen molar-refractivity contribution >= 4 is 22.6 Å². The molecule has 1 aliphatic heterocycles. The van der Waals surface area contributed by atoms with Crippen molar-refractivity contribution < 1.29 is 14.1 Å². The van der Waals surface area contributed by atoms with Gasteiger partial charge in [-0.3, -0.25) is 9.69 Å². The first kappa shape index (κ1) is 15.5. The third kappa shape index (κ3) is 2.60. The maximum Gasteiger partial charge on any atom is 0.265 e. The molecule has 4 aromatic rings. The Labute approximate surface area is 153 Å². The number of carbonyl (C=O) groups is 1. The van der Waals surface area contributed by atoms with Crippen LogP contribution in [0.1, 0.15) is 5.89 Å². The maximum atomic E-state index is 12.3. The van der Waals surface area contributed by atoms with Crippen LogP contribution in [0.2, 0.25) is 0 Å². The molecule has 0 atom stereocenters. The van der Waals surface area contributed by atoms with Gasteiger partial charge in [0, 0.05) is 12.6 Å². The molecule has 0 spiro atoms. The summed E-state index contributed by atoms with van der Waals surface area (Å²) in [5, 5.41) is 12.1. The molecule has 9 nitrogen and oxygen atoms in total. The van der Waals surface area contributed by atoms with Crippen LogP contribution in [-0.4, -0.2) is 37.6 Å². The van der Waals surface area contributed by atoms with Gasteiger partial charge in [0.05, 0.1) is 11.2 Å². The Kier molecular flexibility index (Phi) is 3.39. The summed E-state index contributed by atoms with van der Waals surface area (Å²) in [7, 11) is 1.83. The van der Waals surface area contributed by atoms with Crippen molar-refractivity contribution in [2.24, 2.45) is 7.05 Å². The first-order valence-electron chi connectivity index (χ1n) is 8.33. The number of amides is 1. The second kappa shape index (κ2) is 5.90. The number of carbonyl (C=O) groups excluding carboxylic acids is 1. The monoisotopic (exact) mass is 362 g/mol. The number of para-hydroxylation sites is 2. The number of aromatic nitrogens is 5. The first-order valence-corrected chi connectivity index (χ1v) is 8.33. The van der Waals surface area contributed by atoms with E-state index in [1.54, 1.807) is 9.58 Å². The normalized spacial score (nSPS) is 13.7. The molecule has 0 saturated heterocycles. The lowest BCUT2D eigenvalue weighted by Gasteiger charge is -2.27. The third-order valence-electron chi connectivity index (χ3n) is 4.44. The Morgan fingerprint density at radius 2 is 2.07 bits per heavy atom. The van der Waals surface area contributed by atoms with Gasteiger partial charge >= 0.3 is 0 Å². The van der Waals surface area contributed by atoms with E-state index in [-0.39, 0.29) is 19.1 Å². The van der Waals surface area contributed by atoms with Gasteiger partial charge in [-0.1, -0.05) is 22.5 Å². The number of hydrogen-bond donors (Lipinski definition) is 0. The second-order valence-electron chi connectivity index (χ2n) is 6.16. The van der Waals surface area contributed by atoms with Gasteiger partial charge in [-0.15, -0.1) is 5.10 Å². The number of nitrogens with zero attached hydrogens (tertiary/aromatic N) is 6. The van der Waals surface area contributed by atoms with E-state index in [4.69, 9.17) is 9.26 Å². The maximum absolute atomic E-state index is 12.3. The van der Waals surface area contributed by atoms with E-state index in [0.717, 1.165) is 16.6 Å². The molecule has 0 fully saturated rings. The molecule has 1 amide bonds. The Morgan fingerprint density at radius 1 is 1.19 bits per heavy atom. The highest BCUT2D eigenvalue weighted by Gasteiger charge is 2.27. The van der Waals surface area contributed by atoms with E-state index in [0.29, 0.717) is 23.2 Å². The van der Waals surface area contributed by atoms with Crippen molar-refractivity contribution in [2.75, 3.05) is 11.5 Å². The standard InChI is InChI=1S/C18H14N6O3/c1-23-13-7-6-11(8-12(13)20-22-23)18-19-16(27-21-18)9-24-14-4-2-3-5-15(14)26-10-17(24)25/h2-8H,9-10H2,1H3. The van der Waals surface area contributed by atoms with Gasteiger partial charge in [0.25, 0.3) is 5.91 Å². The summed E-state index contributed by atoms with van der Waals surface area (Å²) in [6.07, 6.45) is 0. The minimum absolute atomic E-state index is 0.0125. The van der Waals surface area contributed by atoms with Crippen molar-refractivity contribution in [3.8, 4) is 17.1 Å². The van der Waals surface area contributed by atoms with Gasteiger partial charge in [-0.2, -0.15) is 4.98 Å². The van der Waals surface area contributed by atoms with Gasteiger partial charge in [0.15, 0.2) is 6.61 Å². The molecular weight excluding hydrogens is 348 g/mol. The van der Waals surface area contributed by atoms with E-state index in [1.807, 2.05) is 49.5 Å². The predicted molar refractivity (Wildman–Crippen MR) is 94.9 cm³/mol. The zero-order chi connectivity index (χ0) is 18.4. The van der Waals surface area contributed by atoms with Crippen molar-refractivity contribution in [3.63, 3.8) is 0 Å². The summed E-state index contributed by atoms with van der Waals surface area (Å²) < 4.78 is 12.5. The average Bonchev–Trinajstić information content (AvgIpc) is 3.31. The SMILES string of the molecule is Cn1nnc2cc(-c3noc(CN4C(=O)COc5ccccc54)n3)ccc21. The molecule has 5 rings (SSSR count). The van der Waals surface area contributed by atoms with Crippen LogP contribution in [-0.2, 0) is 18.4 Å². The molecule has 134 valence electrons. The number of hydrogen-bond acceptors (Lipinski definition) is 7. The van der Waals surface area contributed by atoms with Gasteiger partial charge in [0.2, 0.25) is 11.7 Å². The van der Waals surface area contributed by atoms with Crippen molar-refractivity contribution in [1.29, 1.82) is 0 Å². The van der Waals surface area contributed by atoms with Crippen LogP contribution in [0.4, 0.5) is 5.69 Å². The summed E-state index contributed by atoms with van der Waals surface area (Å²) in [6.45, 7) is 0.168. The van der Waals surface area contributed by atoms with Crippen LogP contribution in [0.15, 0.2) is 47.0 Å². The van der Waals surface area contributed by atoms with Gasteiger partial charge in [0.1, 0.15) is 17.8 Å². The number of ether oxygens (including phenoxy) is 1. The lowest BCUT2D eigenvalue weighted by Crippen LogP contribution is -2.38. The van der Waals surface area contributed by atoms with E-state index in [9.17, 15) is 4.79 Å². The summed E-state index contributed by atoms with van der Waals surface area (Å²) in [4.78, 5) is 18.3. The molecule has 0 radical (unpaired) electrons. The van der Waals surface area contributed by atoms with Crippen LogP contribution in [0.5, 0.6) is 5.75 Å². The van der Waals surface area contributed by atoms with Crippen LogP contribution in [0.3, 0.4) is 0 Å². The molecule has 2 aromatic heterocycles. The number of rotatable bonds is 3. The van der Waals surface area contributed by atoms with E-state index in [2.05, 4.69) is 20.5 Å². The molecule has 9 heteroatoms. The molecule has 3 heterocycles. The Bertz CT molecular complexity index is 1160. The topological polar surface area (TPSA) is 99.2 Å². The fourth-order valence-corrected chi connectivity index (χ4v) is 3.08. The highest BCUT2D eigenvalue weighted by atomic mass is 16.5. The third-order valence-corrected chi connectivity index (χ3v) is 4.44. The van der Waals surface area contributed by atoms with Crippen LogP contribution in [0.25, 0.3) is 22.4 Å². The fourth-order valence-electron chi connectivity index (χ4n) is 3.08. The number of aryl methyl sites for hydroxylation is 1. The molecule has 2 aromatic carbocycles. The molecule has 0 bridgehead atoms. The van der Waals surface area contributed by atoms with Crippen molar-refractivity contribution in [2.45, 2.75) is 6.54 Å². The van der Waals surface area contributed by atoms with E-state index >= 15 is 0 Å². The first-order chi connectivity index (χ1) is 13.2. The van der Waals surface area contributed by atoms with Crippen molar-refractivity contribution in [3.05, 3.63) is 48.4 Å². The van der Waals surface area contributed by atoms with Crippen LogP contribution < -0.4 is 9.64 Å². The lowest BCUT2D eigenvalue weighted by molar-refractivity contribution is -0.121. The molecule has 1 aliphatic rings. The second-order valence-corrected chi connectivity index (χ2v) is 6.16. The Balaban J connectivity index is 1.44. The van der Waals surface area contributed by atoms with E-state index < -0.39 is 0 Å². The highest BCUT2D eigenvalue weighted by molar-refractivity contribution is 5.97. The summed E-state index contributed by atoms with van der Waals surface area (Å²) >= 11 is 0. The smallest absolute Gasteiger partial charge is 0.265 e. The molecule has 27 heavy (non-hydrogen) atoms. The quantitative estimate of drug-likeness (QED) is 0.549. The predicted octanol–water partition coefficient (Wildman–Crippen LogP) is 1.94. The van der Waals surface area contributed by atoms with E-state index in [1.165, 1.54) is 0 Å². The van der Waals surface area contributed by atoms with Crippen LogP contribution in [0, 0.1) is 0 Å². The fraction of sp³-hybridized carbons (Fsp3) is 0.167. The van der Waals surface area contributed by atoms with Crippen LogP contribution >= 0.6 is 0 Å². The van der Waals surface area contributed by atoms with Crippen molar-refractivity contribution in [1.82, 2.24) is 25.1 Å². The highest BCUT2D eigenvalue weighted by Crippen LogP contribution is 2.32. The molecule has 0 N–H and O–H groups in total. The molecule has 0 saturated carbocycles. The largest absolute Gasteiger partial charge is 0.482 e. The molecular formula is C18H14N6O3. The zero-order valence-electron chi connectivity index (χ0n) is 14.4. The van der Waals surface area contributed by atoms with Gasteiger partial charge in [-0.05, 0) is 30.3 Å². The number of anilines is 1.